The maximum atomic E-state index is 9.22. The maximum absolute atomic E-state index is 9.22. The number of aliphatic hydroxyl groups excluding tert-OH is 1. The van der Waals surface area contributed by atoms with Gasteiger partial charge in [0.15, 0.2) is 0 Å². The molecule has 2 saturated heterocycles. The minimum atomic E-state index is 0.365. The quantitative estimate of drug-likeness (QED) is 0.722. The standard InChI is InChI=1S/C12H24N2O/c1-10-12(9-15)4-7-14(10)8-11-2-5-13-6-3-11/h10-13,15H,2-9H2,1H3. The van der Waals surface area contributed by atoms with Crippen LogP contribution in [0.4, 0.5) is 0 Å². The van der Waals surface area contributed by atoms with Crippen LogP contribution < -0.4 is 5.32 Å². The monoisotopic (exact) mass is 212 g/mol. The van der Waals surface area contributed by atoms with Crippen LogP contribution in [0.25, 0.3) is 0 Å². The summed E-state index contributed by atoms with van der Waals surface area (Å²) in [6, 6.07) is 0.588. The highest BCUT2D eigenvalue weighted by molar-refractivity contribution is 4.85. The van der Waals surface area contributed by atoms with Crippen LogP contribution in [0.15, 0.2) is 0 Å². The molecule has 2 atom stereocenters. The number of nitrogens with one attached hydrogen (secondary N) is 1. The molecule has 88 valence electrons. The van der Waals surface area contributed by atoms with E-state index in [4.69, 9.17) is 0 Å². The highest BCUT2D eigenvalue weighted by Crippen LogP contribution is 2.26. The van der Waals surface area contributed by atoms with Gasteiger partial charge in [-0.2, -0.15) is 0 Å². The van der Waals surface area contributed by atoms with Crippen LogP contribution in [0.3, 0.4) is 0 Å². The van der Waals surface area contributed by atoms with E-state index in [9.17, 15) is 5.11 Å². The van der Waals surface area contributed by atoms with Crippen molar-refractivity contribution in [2.24, 2.45) is 11.8 Å². The van der Waals surface area contributed by atoms with Crippen LogP contribution in [0, 0.1) is 11.8 Å². The van der Waals surface area contributed by atoms with Crippen LogP contribution in [0.2, 0.25) is 0 Å². The van der Waals surface area contributed by atoms with Crippen LogP contribution in [-0.4, -0.2) is 48.8 Å². The topological polar surface area (TPSA) is 35.5 Å². The molecule has 2 aliphatic rings. The molecule has 2 heterocycles. The predicted molar refractivity (Wildman–Crippen MR) is 61.8 cm³/mol. The van der Waals surface area contributed by atoms with Gasteiger partial charge in [-0.05, 0) is 57.7 Å². The summed E-state index contributed by atoms with van der Waals surface area (Å²) in [6.07, 6.45) is 3.84. The van der Waals surface area contributed by atoms with E-state index in [1.165, 1.54) is 45.4 Å². The smallest absolute Gasteiger partial charge is 0.0474 e. The van der Waals surface area contributed by atoms with E-state index in [-0.39, 0.29) is 0 Å². The molecule has 3 nitrogen and oxygen atoms in total. The Morgan fingerprint density at radius 1 is 1.27 bits per heavy atom. The minimum Gasteiger partial charge on any atom is -0.396 e. The Labute approximate surface area is 92.8 Å². The molecule has 0 saturated carbocycles. The third kappa shape index (κ3) is 2.71. The third-order valence-electron chi connectivity index (χ3n) is 4.23. The van der Waals surface area contributed by atoms with Crippen LogP contribution in [0.1, 0.15) is 26.2 Å². The van der Waals surface area contributed by atoms with E-state index < -0.39 is 0 Å². The van der Waals surface area contributed by atoms with Gasteiger partial charge in [-0.15, -0.1) is 0 Å². The lowest BCUT2D eigenvalue weighted by Crippen LogP contribution is -2.39. The van der Waals surface area contributed by atoms with Gasteiger partial charge >= 0.3 is 0 Å². The second-order valence-electron chi connectivity index (χ2n) is 5.16. The fourth-order valence-electron chi connectivity index (χ4n) is 2.97. The van der Waals surface area contributed by atoms with Crippen molar-refractivity contribution < 1.29 is 5.11 Å². The number of rotatable bonds is 3. The van der Waals surface area contributed by atoms with Crippen molar-refractivity contribution in [3.05, 3.63) is 0 Å². The normalized spacial score (nSPS) is 34.8. The molecule has 0 aromatic rings. The van der Waals surface area contributed by atoms with E-state index in [0.717, 1.165) is 5.92 Å². The number of piperidine rings is 1. The van der Waals surface area contributed by atoms with Gasteiger partial charge in [-0.3, -0.25) is 0 Å². The summed E-state index contributed by atoms with van der Waals surface area (Å²) in [7, 11) is 0. The Morgan fingerprint density at radius 3 is 2.60 bits per heavy atom. The first kappa shape index (κ1) is 11.4. The summed E-state index contributed by atoms with van der Waals surface area (Å²) in [5.74, 6) is 1.40. The molecule has 2 fully saturated rings. The molecule has 2 unspecified atom stereocenters. The van der Waals surface area contributed by atoms with Gasteiger partial charge in [0.05, 0.1) is 0 Å². The van der Waals surface area contributed by atoms with Crippen molar-refractivity contribution >= 4 is 0 Å². The van der Waals surface area contributed by atoms with Crippen molar-refractivity contribution in [1.29, 1.82) is 0 Å². The molecular formula is C12H24N2O. The molecule has 0 spiro atoms. The van der Waals surface area contributed by atoms with Gasteiger partial charge in [-0.1, -0.05) is 0 Å². The number of nitrogens with zero attached hydrogens (tertiary/aromatic N) is 1. The van der Waals surface area contributed by atoms with Gasteiger partial charge in [0.2, 0.25) is 0 Å². The van der Waals surface area contributed by atoms with E-state index in [2.05, 4.69) is 17.1 Å². The molecule has 3 heteroatoms. The highest BCUT2D eigenvalue weighted by atomic mass is 16.3. The first-order chi connectivity index (χ1) is 7.31. The Morgan fingerprint density at radius 2 is 2.00 bits per heavy atom. The van der Waals surface area contributed by atoms with Gasteiger partial charge in [0.25, 0.3) is 0 Å². The van der Waals surface area contributed by atoms with E-state index >= 15 is 0 Å². The summed E-state index contributed by atoms with van der Waals surface area (Å²) in [6.45, 7) is 7.46. The molecule has 0 aromatic heterocycles. The molecule has 0 radical (unpaired) electrons. The van der Waals surface area contributed by atoms with Crippen molar-refractivity contribution in [3.8, 4) is 0 Å². The lowest BCUT2D eigenvalue weighted by molar-refractivity contribution is 0.154. The van der Waals surface area contributed by atoms with Gasteiger partial charge in [-0.25, -0.2) is 0 Å². The molecule has 0 amide bonds. The summed E-state index contributed by atoms with van der Waals surface area (Å²) in [5.41, 5.74) is 0. The SMILES string of the molecule is CC1C(CO)CCN1CC1CCNCC1. The second kappa shape index (κ2) is 5.28. The largest absolute Gasteiger partial charge is 0.396 e. The van der Waals surface area contributed by atoms with Crippen molar-refractivity contribution in [1.82, 2.24) is 10.2 Å². The minimum absolute atomic E-state index is 0.365. The fourth-order valence-corrected chi connectivity index (χ4v) is 2.97. The Bertz CT molecular complexity index is 192. The Balaban J connectivity index is 1.79. The molecule has 2 aliphatic heterocycles. The molecule has 2 N–H and O–H groups in total. The number of hydrogen-bond donors (Lipinski definition) is 2. The Hall–Kier alpha value is -0.120. The fraction of sp³-hybridized carbons (Fsp3) is 1.00. The van der Waals surface area contributed by atoms with E-state index in [1.54, 1.807) is 0 Å². The first-order valence-corrected chi connectivity index (χ1v) is 6.37. The summed E-state index contributed by atoms with van der Waals surface area (Å²) in [4.78, 5) is 2.58. The number of hydrogen-bond acceptors (Lipinski definition) is 3. The van der Waals surface area contributed by atoms with E-state index in [1.807, 2.05) is 0 Å². The Kier molecular flexibility index (Phi) is 4.00. The third-order valence-corrected chi connectivity index (χ3v) is 4.23. The van der Waals surface area contributed by atoms with Gasteiger partial charge < -0.3 is 15.3 Å². The highest BCUT2D eigenvalue weighted by Gasteiger charge is 2.31. The number of aliphatic hydroxyl groups is 1. The zero-order valence-electron chi connectivity index (χ0n) is 9.78. The summed E-state index contributed by atoms with van der Waals surface area (Å²) in [5, 5.41) is 12.6. The zero-order chi connectivity index (χ0) is 10.7. The first-order valence-electron chi connectivity index (χ1n) is 6.37. The van der Waals surface area contributed by atoms with Crippen LogP contribution in [0.5, 0.6) is 0 Å². The maximum Gasteiger partial charge on any atom is 0.0474 e. The number of likely N-dealkylation sites (tertiary alicyclic amines) is 1. The van der Waals surface area contributed by atoms with E-state index in [0.29, 0.717) is 18.6 Å². The van der Waals surface area contributed by atoms with Crippen molar-refractivity contribution in [2.75, 3.05) is 32.8 Å². The summed E-state index contributed by atoms with van der Waals surface area (Å²) < 4.78 is 0. The molecular weight excluding hydrogens is 188 g/mol. The van der Waals surface area contributed by atoms with Crippen LogP contribution >= 0.6 is 0 Å². The predicted octanol–water partition coefficient (Wildman–Crippen LogP) is 0.689. The lowest BCUT2D eigenvalue weighted by atomic mass is 9.97. The molecule has 0 bridgehead atoms. The van der Waals surface area contributed by atoms with Crippen molar-refractivity contribution in [2.45, 2.75) is 32.2 Å². The lowest BCUT2D eigenvalue weighted by Gasteiger charge is -2.30. The molecule has 0 aliphatic carbocycles. The molecule has 2 rings (SSSR count). The summed E-state index contributed by atoms with van der Waals surface area (Å²) >= 11 is 0. The van der Waals surface area contributed by atoms with Crippen LogP contribution in [-0.2, 0) is 0 Å². The zero-order valence-corrected chi connectivity index (χ0v) is 9.78. The molecule has 15 heavy (non-hydrogen) atoms. The van der Waals surface area contributed by atoms with Gasteiger partial charge in [0, 0.05) is 19.2 Å². The second-order valence-corrected chi connectivity index (χ2v) is 5.16. The average molecular weight is 212 g/mol. The van der Waals surface area contributed by atoms with Gasteiger partial charge in [0.1, 0.15) is 0 Å². The average Bonchev–Trinajstić information content (AvgIpc) is 2.62. The molecule has 0 aromatic carbocycles. The van der Waals surface area contributed by atoms with Crippen molar-refractivity contribution in [3.63, 3.8) is 0 Å².